The number of nitrogens with zero attached hydrogens (tertiary/aromatic N) is 4. The SMILES string of the molecule is CCOC(=O)c1cc2c(o1)-c1cccnc1N(C(=O)c1ccc(NC(=O)c3cc(CC)cnc3N3CC4(CCOCC4)C3)cc1)CC2. The topological polar surface area (TPSA) is 127 Å². The molecule has 0 bridgehead atoms. The molecule has 3 aliphatic heterocycles. The van der Waals surface area contributed by atoms with Crippen molar-refractivity contribution in [1.29, 1.82) is 0 Å². The molecule has 4 aromatic rings. The van der Waals surface area contributed by atoms with Crippen LogP contribution in [-0.2, 0) is 22.3 Å². The van der Waals surface area contributed by atoms with E-state index >= 15 is 0 Å². The van der Waals surface area contributed by atoms with Gasteiger partial charge in [0.2, 0.25) is 5.76 Å². The first-order valence-electron chi connectivity index (χ1n) is 16.2. The summed E-state index contributed by atoms with van der Waals surface area (Å²) in [5.74, 6) is 0.776. The molecule has 0 aliphatic carbocycles. The number of ether oxygens (including phenoxy) is 2. The van der Waals surface area contributed by atoms with E-state index in [1.54, 1.807) is 54.4 Å². The van der Waals surface area contributed by atoms with Crippen molar-refractivity contribution >= 4 is 35.1 Å². The maximum absolute atomic E-state index is 13.8. The second-order valence-electron chi connectivity index (χ2n) is 12.3. The molecule has 2 fully saturated rings. The number of benzene rings is 1. The fraction of sp³-hybridized carbons (Fsp3) is 0.361. The number of hydrogen-bond donors (Lipinski definition) is 1. The maximum atomic E-state index is 13.8. The third-order valence-electron chi connectivity index (χ3n) is 9.29. The van der Waals surface area contributed by atoms with Crippen molar-refractivity contribution in [1.82, 2.24) is 9.97 Å². The van der Waals surface area contributed by atoms with Crippen LogP contribution in [0.25, 0.3) is 11.3 Å². The van der Waals surface area contributed by atoms with Gasteiger partial charge in [-0.3, -0.25) is 14.5 Å². The van der Waals surface area contributed by atoms with Gasteiger partial charge in [-0.2, -0.15) is 0 Å². The van der Waals surface area contributed by atoms with Gasteiger partial charge in [-0.1, -0.05) is 6.92 Å². The Kier molecular flexibility index (Phi) is 8.23. The van der Waals surface area contributed by atoms with Crippen molar-refractivity contribution in [3.63, 3.8) is 0 Å². The lowest BCUT2D eigenvalue weighted by molar-refractivity contribution is -0.000513. The fourth-order valence-electron chi connectivity index (χ4n) is 6.67. The monoisotopic (exact) mass is 635 g/mol. The van der Waals surface area contributed by atoms with Gasteiger partial charge >= 0.3 is 5.97 Å². The number of aromatic nitrogens is 2. The predicted molar refractivity (Wildman–Crippen MR) is 176 cm³/mol. The van der Waals surface area contributed by atoms with Crippen LogP contribution in [0.5, 0.6) is 0 Å². The van der Waals surface area contributed by atoms with Crippen LogP contribution in [0.3, 0.4) is 0 Å². The van der Waals surface area contributed by atoms with E-state index in [9.17, 15) is 14.4 Å². The molecule has 6 heterocycles. The van der Waals surface area contributed by atoms with Crippen molar-refractivity contribution in [2.75, 3.05) is 54.6 Å². The van der Waals surface area contributed by atoms with E-state index in [1.807, 2.05) is 25.3 Å². The van der Waals surface area contributed by atoms with E-state index < -0.39 is 5.97 Å². The summed E-state index contributed by atoms with van der Waals surface area (Å²) in [6.07, 6.45) is 6.77. The second-order valence-corrected chi connectivity index (χ2v) is 12.3. The second kappa shape index (κ2) is 12.6. The van der Waals surface area contributed by atoms with Crippen LogP contribution in [-0.4, -0.2) is 67.2 Å². The zero-order chi connectivity index (χ0) is 32.5. The van der Waals surface area contributed by atoms with Crippen LogP contribution in [0.15, 0.2) is 65.3 Å². The minimum atomic E-state index is -0.527. The van der Waals surface area contributed by atoms with Gasteiger partial charge in [0, 0.05) is 67.5 Å². The highest BCUT2D eigenvalue weighted by atomic mass is 16.5. The number of rotatable bonds is 7. The number of carbonyl (C=O) groups is 3. The van der Waals surface area contributed by atoms with Crippen LogP contribution in [0, 0.1) is 5.41 Å². The van der Waals surface area contributed by atoms with Gasteiger partial charge in [-0.25, -0.2) is 14.8 Å². The zero-order valence-electron chi connectivity index (χ0n) is 26.6. The molecule has 11 heteroatoms. The van der Waals surface area contributed by atoms with E-state index in [-0.39, 0.29) is 29.6 Å². The van der Waals surface area contributed by atoms with Gasteiger partial charge < -0.3 is 24.1 Å². The Balaban J connectivity index is 1.08. The van der Waals surface area contributed by atoms with Crippen LogP contribution in [0.1, 0.15) is 69.1 Å². The highest BCUT2D eigenvalue weighted by Crippen LogP contribution is 2.42. The van der Waals surface area contributed by atoms with E-state index in [0.29, 0.717) is 52.7 Å². The smallest absolute Gasteiger partial charge is 0.374 e. The van der Waals surface area contributed by atoms with E-state index in [4.69, 9.17) is 18.9 Å². The molecule has 3 aromatic heterocycles. The molecule has 0 saturated carbocycles. The molecular formula is C36H37N5O6. The number of nitrogens with one attached hydrogen (secondary N) is 1. The molecule has 3 aliphatic rings. The van der Waals surface area contributed by atoms with Gasteiger partial charge in [-0.05, 0) is 86.7 Å². The van der Waals surface area contributed by atoms with E-state index in [0.717, 1.165) is 56.7 Å². The van der Waals surface area contributed by atoms with Crippen LogP contribution in [0.4, 0.5) is 17.3 Å². The maximum Gasteiger partial charge on any atom is 0.374 e. The minimum absolute atomic E-state index is 0.126. The van der Waals surface area contributed by atoms with Crippen LogP contribution >= 0.6 is 0 Å². The van der Waals surface area contributed by atoms with Gasteiger partial charge in [0.1, 0.15) is 17.4 Å². The number of carbonyl (C=O) groups excluding carboxylic acids is 3. The number of amides is 2. The summed E-state index contributed by atoms with van der Waals surface area (Å²) >= 11 is 0. The number of anilines is 3. The Hall–Kier alpha value is -5.03. The molecule has 1 N–H and O–H groups in total. The highest BCUT2D eigenvalue weighted by molar-refractivity contribution is 6.09. The summed E-state index contributed by atoms with van der Waals surface area (Å²) in [7, 11) is 0. The Morgan fingerprint density at radius 2 is 1.79 bits per heavy atom. The summed E-state index contributed by atoms with van der Waals surface area (Å²) in [5, 5.41) is 3.01. The standard InChI is InChI=1S/C36H37N5O6/c1-3-23-18-28(31(38-20-23)40-21-36(22-40)12-16-45-17-13-36)33(42)39-26-9-7-24(8-10-26)34(43)41-15-11-25-19-29(35(44)46-4-2)47-30(25)27-6-5-14-37-32(27)41/h5-10,14,18-20H,3-4,11-13,15-17,21-22H2,1-2H3,(H,39,42). The first-order chi connectivity index (χ1) is 22.9. The third kappa shape index (κ3) is 5.87. The van der Waals surface area contributed by atoms with Crippen molar-refractivity contribution in [2.45, 2.75) is 39.5 Å². The molecular weight excluding hydrogens is 598 g/mol. The number of hydrogen-bond acceptors (Lipinski definition) is 9. The molecule has 11 nitrogen and oxygen atoms in total. The summed E-state index contributed by atoms with van der Waals surface area (Å²) in [6, 6.07) is 14.1. The molecule has 0 atom stereocenters. The van der Waals surface area contributed by atoms with Crippen molar-refractivity contribution in [3.8, 4) is 11.3 Å². The predicted octanol–water partition coefficient (Wildman–Crippen LogP) is 5.55. The summed E-state index contributed by atoms with van der Waals surface area (Å²) in [6.45, 7) is 7.67. The average Bonchev–Trinajstić information content (AvgIpc) is 3.45. The Labute approximate surface area is 272 Å². The van der Waals surface area contributed by atoms with Crippen LogP contribution in [0.2, 0.25) is 0 Å². The molecule has 1 aromatic carbocycles. The molecule has 47 heavy (non-hydrogen) atoms. The Bertz CT molecular complexity index is 1820. The van der Waals surface area contributed by atoms with Crippen molar-refractivity contribution in [2.24, 2.45) is 5.41 Å². The molecule has 1 spiro atoms. The molecule has 0 radical (unpaired) electrons. The minimum Gasteiger partial charge on any atom is -0.460 e. The van der Waals surface area contributed by atoms with Gasteiger partial charge in [0.05, 0.1) is 17.7 Å². The van der Waals surface area contributed by atoms with E-state index in [1.165, 1.54) is 0 Å². The van der Waals surface area contributed by atoms with Crippen LogP contribution < -0.4 is 15.1 Å². The third-order valence-corrected chi connectivity index (χ3v) is 9.29. The quantitative estimate of drug-likeness (QED) is 0.260. The molecule has 2 amide bonds. The van der Waals surface area contributed by atoms with Crippen molar-refractivity contribution < 1.29 is 28.3 Å². The highest BCUT2D eigenvalue weighted by Gasteiger charge is 2.45. The number of pyridine rings is 2. The molecule has 7 rings (SSSR count). The summed E-state index contributed by atoms with van der Waals surface area (Å²) in [4.78, 5) is 52.8. The summed E-state index contributed by atoms with van der Waals surface area (Å²) < 4.78 is 16.6. The molecule has 2 saturated heterocycles. The number of aryl methyl sites for hydroxylation is 1. The Morgan fingerprint density at radius 1 is 1.00 bits per heavy atom. The van der Waals surface area contributed by atoms with Gasteiger partial charge in [0.15, 0.2) is 0 Å². The first-order valence-corrected chi connectivity index (χ1v) is 16.2. The fourth-order valence-corrected chi connectivity index (χ4v) is 6.67. The lowest BCUT2D eigenvalue weighted by Crippen LogP contribution is -2.59. The first kappa shape index (κ1) is 30.6. The lowest BCUT2D eigenvalue weighted by atomic mass is 9.73. The van der Waals surface area contributed by atoms with E-state index in [2.05, 4.69) is 15.2 Å². The average molecular weight is 636 g/mol. The molecule has 0 unspecified atom stereocenters. The number of furan rings is 1. The molecule has 242 valence electrons. The largest absolute Gasteiger partial charge is 0.460 e. The normalized spacial score (nSPS) is 16.5. The Morgan fingerprint density at radius 3 is 2.53 bits per heavy atom. The number of fused-ring (bicyclic) bond motifs is 3. The summed E-state index contributed by atoms with van der Waals surface area (Å²) in [5.41, 5.74) is 4.22. The van der Waals surface area contributed by atoms with Gasteiger partial charge in [-0.15, -0.1) is 0 Å². The van der Waals surface area contributed by atoms with Gasteiger partial charge in [0.25, 0.3) is 11.8 Å². The van der Waals surface area contributed by atoms with Crippen molar-refractivity contribution in [3.05, 3.63) is 88.9 Å². The zero-order valence-corrected chi connectivity index (χ0v) is 26.6. The lowest BCUT2D eigenvalue weighted by Gasteiger charge is -2.53. The number of esters is 1.